The summed E-state index contributed by atoms with van der Waals surface area (Å²) in [7, 11) is -3.77. The lowest BCUT2D eigenvalue weighted by Crippen LogP contribution is -2.42. The van der Waals surface area contributed by atoms with Gasteiger partial charge < -0.3 is 5.11 Å². The number of rotatable bonds is 7. The van der Waals surface area contributed by atoms with E-state index in [0.29, 0.717) is 0 Å². The van der Waals surface area contributed by atoms with Crippen LogP contribution in [0.15, 0.2) is 0 Å². The predicted octanol–water partition coefficient (Wildman–Crippen LogP) is 1.27. The van der Waals surface area contributed by atoms with Gasteiger partial charge in [-0.05, 0) is 12.3 Å². The molecule has 0 unspecified atom stereocenters. The Bertz CT molecular complexity index is 314. The lowest BCUT2D eigenvalue weighted by Gasteiger charge is -2.19. The molecule has 8 heteroatoms. The van der Waals surface area contributed by atoms with Crippen LogP contribution in [-0.4, -0.2) is 38.1 Å². The zero-order valence-electron chi connectivity index (χ0n) is 9.79. The van der Waals surface area contributed by atoms with Crippen LogP contribution in [0.3, 0.4) is 0 Å². The number of sulfonamides is 1. The van der Waals surface area contributed by atoms with Crippen LogP contribution in [-0.2, 0) is 10.0 Å². The van der Waals surface area contributed by atoms with Crippen molar-refractivity contribution >= 4 is 10.0 Å². The molecule has 0 saturated heterocycles. The van der Waals surface area contributed by atoms with Gasteiger partial charge >= 0.3 is 6.18 Å². The minimum atomic E-state index is -4.34. The fraction of sp³-hybridized carbons (Fsp3) is 1.00. The SMILES string of the molecule is CC(C)[C@@H](CO)NS(=O)(=O)CCCC(F)(F)F. The Morgan fingerprint density at radius 3 is 2.18 bits per heavy atom. The third-order valence-corrected chi connectivity index (χ3v) is 3.69. The van der Waals surface area contributed by atoms with E-state index < -0.39 is 40.8 Å². The van der Waals surface area contributed by atoms with Gasteiger partial charge in [0.05, 0.1) is 12.4 Å². The smallest absolute Gasteiger partial charge is 0.389 e. The first-order chi connectivity index (χ1) is 7.57. The second kappa shape index (κ2) is 6.55. The number of aliphatic hydroxyl groups excluding tert-OH is 1. The first-order valence-corrected chi connectivity index (χ1v) is 6.90. The van der Waals surface area contributed by atoms with E-state index in [4.69, 9.17) is 5.11 Å². The highest BCUT2D eigenvalue weighted by atomic mass is 32.2. The predicted molar refractivity (Wildman–Crippen MR) is 57.9 cm³/mol. The van der Waals surface area contributed by atoms with Gasteiger partial charge in [-0.25, -0.2) is 13.1 Å². The summed E-state index contributed by atoms with van der Waals surface area (Å²) < 4.78 is 60.5. The normalized spacial score (nSPS) is 15.2. The van der Waals surface area contributed by atoms with Crippen molar-refractivity contribution in [2.24, 2.45) is 5.92 Å². The third kappa shape index (κ3) is 8.39. The quantitative estimate of drug-likeness (QED) is 0.736. The van der Waals surface area contributed by atoms with Crippen molar-refractivity contribution in [1.29, 1.82) is 0 Å². The van der Waals surface area contributed by atoms with E-state index in [0.717, 1.165) is 0 Å². The number of aliphatic hydroxyl groups is 1. The molecule has 0 aliphatic heterocycles. The highest BCUT2D eigenvalue weighted by molar-refractivity contribution is 7.89. The Labute approximate surface area is 99.3 Å². The third-order valence-electron chi connectivity index (χ3n) is 2.21. The molecular formula is C9H18F3NO3S. The van der Waals surface area contributed by atoms with Crippen molar-refractivity contribution in [2.45, 2.75) is 38.9 Å². The summed E-state index contributed by atoms with van der Waals surface area (Å²) in [5.74, 6) is -0.715. The molecule has 0 bridgehead atoms. The number of nitrogens with one attached hydrogen (secondary N) is 1. The second-order valence-corrected chi connectivity index (χ2v) is 6.06. The van der Waals surface area contributed by atoms with E-state index >= 15 is 0 Å². The van der Waals surface area contributed by atoms with Gasteiger partial charge in [-0.2, -0.15) is 13.2 Å². The lowest BCUT2D eigenvalue weighted by molar-refractivity contribution is -0.134. The van der Waals surface area contributed by atoms with E-state index in [1.165, 1.54) is 0 Å². The van der Waals surface area contributed by atoms with Gasteiger partial charge in [-0.15, -0.1) is 0 Å². The van der Waals surface area contributed by atoms with Crippen LogP contribution in [0.5, 0.6) is 0 Å². The molecule has 0 saturated carbocycles. The Hall–Kier alpha value is -0.340. The topological polar surface area (TPSA) is 66.4 Å². The molecule has 0 spiro atoms. The van der Waals surface area contributed by atoms with Gasteiger partial charge in [-0.1, -0.05) is 13.8 Å². The zero-order valence-corrected chi connectivity index (χ0v) is 10.6. The molecule has 104 valence electrons. The van der Waals surface area contributed by atoms with Crippen LogP contribution in [0.4, 0.5) is 13.2 Å². The minimum Gasteiger partial charge on any atom is -0.395 e. The fourth-order valence-electron chi connectivity index (χ4n) is 1.14. The molecule has 0 aromatic rings. The van der Waals surface area contributed by atoms with E-state index in [9.17, 15) is 21.6 Å². The van der Waals surface area contributed by atoms with Crippen molar-refractivity contribution in [3.8, 4) is 0 Å². The molecular weight excluding hydrogens is 259 g/mol. The molecule has 0 radical (unpaired) electrons. The minimum absolute atomic E-state index is 0.127. The molecule has 2 N–H and O–H groups in total. The molecule has 1 atom stereocenters. The Kier molecular flexibility index (Phi) is 6.42. The van der Waals surface area contributed by atoms with Gasteiger partial charge in [0.2, 0.25) is 10.0 Å². The van der Waals surface area contributed by atoms with E-state index in [2.05, 4.69) is 4.72 Å². The molecule has 0 rings (SSSR count). The summed E-state index contributed by atoms with van der Waals surface area (Å²) in [5.41, 5.74) is 0. The zero-order chi connectivity index (χ0) is 13.7. The fourth-order valence-corrected chi connectivity index (χ4v) is 2.59. The largest absolute Gasteiger partial charge is 0.395 e. The summed E-state index contributed by atoms with van der Waals surface area (Å²) >= 11 is 0. The number of hydrogen-bond acceptors (Lipinski definition) is 3. The molecule has 0 aromatic heterocycles. The second-order valence-electron chi connectivity index (χ2n) is 4.19. The molecule has 0 fully saturated rings. The highest BCUT2D eigenvalue weighted by Crippen LogP contribution is 2.21. The molecule has 0 heterocycles. The Balaban J connectivity index is 4.21. The monoisotopic (exact) mass is 277 g/mol. The maximum atomic E-state index is 11.8. The summed E-state index contributed by atoms with van der Waals surface area (Å²) in [6, 6.07) is -0.661. The van der Waals surface area contributed by atoms with Crippen LogP contribution in [0.1, 0.15) is 26.7 Å². The van der Waals surface area contributed by atoms with E-state index in [1.54, 1.807) is 13.8 Å². The Morgan fingerprint density at radius 1 is 1.29 bits per heavy atom. The summed E-state index contributed by atoms with van der Waals surface area (Å²) in [6.45, 7) is 3.04. The van der Waals surface area contributed by atoms with Crippen LogP contribution in [0.2, 0.25) is 0 Å². The van der Waals surface area contributed by atoms with E-state index in [1.807, 2.05) is 0 Å². The van der Waals surface area contributed by atoms with Gasteiger partial charge in [0.1, 0.15) is 0 Å². The van der Waals surface area contributed by atoms with Crippen molar-refractivity contribution in [1.82, 2.24) is 4.72 Å². The summed E-state index contributed by atoms with van der Waals surface area (Å²) in [6.07, 6.45) is -5.95. The van der Waals surface area contributed by atoms with Crippen LogP contribution in [0.25, 0.3) is 0 Å². The van der Waals surface area contributed by atoms with Crippen molar-refractivity contribution in [2.75, 3.05) is 12.4 Å². The van der Waals surface area contributed by atoms with Crippen molar-refractivity contribution in [3.05, 3.63) is 0 Å². The van der Waals surface area contributed by atoms with Gasteiger partial charge in [0.15, 0.2) is 0 Å². The van der Waals surface area contributed by atoms with Gasteiger partial charge in [0.25, 0.3) is 0 Å². The number of halogens is 3. The maximum Gasteiger partial charge on any atom is 0.389 e. The maximum absolute atomic E-state index is 11.8. The average Bonchev–Trinajstić information content (AvgIpc) is 2.11. The molecule has 0 aliphatic rings. The standard InChI is InChI=1S/C9H18F3NO3S/c1-7(2)8(6-14)13-17(15,16)5-3-4-9(10,11)12/h7-8,13-14H,3-6H2,1-2H3/t8-/m1/s1. The summed E-state index contributed by atoms with van der Waals surface area (Å²) in [4.78, 5) is 0. The molecule has 0 amide bonds. The number of alkyl halides is 3. The average molecular weight is 277 g/mol. The van der Waals surface area contributed by atoms with E-state index in [-0.39, 0.29) is 12.5 Å². The highest BCUT2D eigenvalue weighted by Gasteiger charge is 2.28. The molecule has 0 aliphatic carbocycles. The van der Waals surface area contributed by atoms with Crippen LogP contribution in [0, 0.1) is 5.92 Å². The summed E-state index contributed by atoms with van der Waals surface area (Å²) in [5, 5.41) is 8.91. The molecule has 4 nitrogen and oxygen atoms in total. The number of hydrogen-bond donors (Lipinski definition) is 2. The first kappa shape index (κ1) is 16.7. The molecule has 17 heavy (non-hydrogen) atoms. The van der Waals surface area contributed by atoms with Gasteiger partial charge in [0, 0.05) is 12.5 Å². The molecule has 0 aromatic carbocycles. The van der Waals surface area contributed by atoms with Gasteiger partial charge in [-0.3, -0.25) is 0 Å². The van der Waals surface area contributed by atoms with Crippen LogP contribution < -0.4 is 4.72 Å². The van der Waals surface area contributed by atoms with Crippen molar-refractivity contribution in [3.63, 3.8) is 0 Å². The Morgan fingerprint density at radius 2 is 1.82 bits per heavy atom. The lowest BCUT2D eigenvalue weighted by atomic mass is 10.1. The van der Waals surface area contributed by atoms with Crippen molar-refractivity contribution < 1.29 is 26.7 Å². The van der Waals surface area contributed by atoms with Crippen LogP contribution >= 0.6 is 0 Å². The first-order valence-electron chi connectivity index (χ1n) is 5.25.